The molecule has 0 bridgehead atoms. The molecule has 144 valence electrons. The van der Waals surface area contributed by atoms with Gasteiger partial charge in [-0.05, 0) is 50.8 Å². The highest BCUT2D eigenvalue weighted by atomic mass is 19.3. The van der Waals surface area contributed by atoms with E-state index in [0.29, 0.717) is 18.5 Å². The van der Waals surface area contributed by atoms with Crippen molar-refractivity contribution in [2.45, 2.75) is 51.5 Å². The second-order valence-electron chi connectivity index (χ2n) is 7.26. The Bertz CT molecular complexity index is 875. The molecule has 1 N–H and O–H groups in total. The van der Waals surface area contributed by atoms with Crippen molar-refractivity contribution in [2.24, 2.45) is 5.92 Å². The number of aromatic nitrogens is 3. The molecular weight excluding hydrogens is 350 g/mol. The summed E-state index contributed by atoms with van der Waals surface area (Å²) in [6.45, 7) is 7.47. The number of carbonyl (C=O) groups excluding carboxylic acids is 1. The van der Waals surface area contributed by atoms with Gasteiger partial charge in [-0.15, -0.1) is 0 Å². The zero-order valence-electron chi connectivity index (χ0n) is 15.6. The predicted octanol–water partition coefficient (Wildman–Crippen LogP) is 4.98. The van der Waals surface area contributed by atoms with Crippen molar-refractivity contribution in [1.82, 2.24) is 14.8 Å². The Morgan fingerprint density at radius 2 is 2.11 bits per heavy atom. The fourth-order valence-corrected chi connectivity index (χ4v) is 3.27. The lowest BCUT2D eigenvalue weighted by Crippen LogP contribution is -2.23. The summed E-state index contributed by atoms with van der Waals surface area (Å²) in [4.78, 5) is 16.0. The molecule has 2 heterocycles. The van der Waals surface area contributed by atoms with Gasteiger partial charge >= 0.3 is 0 Å². The Kier molecular flexibility index (Phi) is 5.39. The molecule has 7 heteroatoms. The number of alkyl halides is 2. The molecule has 0 saturated heterocycles. The highest BCUT2D eigenvalue weighted by molar-refractivity contribution is 6.00. The van der Waals surface area contributed by atoms with E-state index >= 15 is 0 Å². The number of carbonyl (C=O) groups is 1. The van der Waals surface area contributed by atoms with Gasteiger partial charge in [0.05, 0.1) is 17.6 Å². The van der Waals surface area contributed by atoms with E-state index < -0.39 is 5.92 Å². The molecule has 2 aromatic heterocycles. The van der Waals surface area contributed by atoms with Crippen LogP contribution in [0.15, 0.2) is 31.0 Å². The standard InChI is InChI=1S/C20H24F2N4O/c1-4-18(27)24-15-11-16-17(25-26(13(2)3)19(16)23-12-15)6-5-14-7-9-20(21,22)10-8-14/h4-6,11-14H,1,7-10H2,2-3H3,(H,24,27)/b6-5+. The largest absolute Gasteiger partial charge is 0.321 e. The number of halogens is 2. The van der Waals surface area contributed by atoms with Gasteiger partial charge in [-0.1, -0.05) is 12.7 Å². The van der Waals surface area contributed by atoms with Gasteiger partial charge in [-0.3, -0.25) is 4.79 Å². The molecule has 1 fully saturated rings. The minimum atomic E-state index is -2.53. The van der Waals surface area contributed by atoms with Crippen LogP contribution in [0.2, 0.25) is 0 Å². The number of hydrogen-bond donors (Lipinski definition) is 1. The Morgan fingerprint density at radius 3 is 2.74 bits per heavy atom. The van der Waals surface area contributed by atoms with Gasteiger partial charge in [0.1, 0.15) is 0 Å². The van der Waals surface area contributed by atoms with Crippen molar-refractivity contribution in [1.29, 1.82) is 0 Å². The molecule has 1 amide bonds. The van der Waals surface area contributed by atoms with Crippen molar-refractivity contribution in [3.8, 4) is 0 Å². The summed E-state index contributed by atoms with van der Waals surface area (Å²) in [7, 11) is 0. The first kappa shape index (κ1) is 19.2. The van der Waals surface area contributed by atoms with Crippen molar-refractivity contribution in [3.05, 3.63) is 36.7 Å². The van der Waals surface area contributed by atoms with Crippen LogP contribution in [-0.2, 0) is 4.79 Å². The fourth-order valence-electron chi connectivity index (χ4n) is 3.27. The monoisotopic (exact) mass is 374 g/mol. The maximum absolute atomic E-state index is 13.3. The van der Waals surface area contributed by atoms with Gasteiger partial charge in [0.25, 0.3) is 0 Å². The number of allylic oxidation sites excluding steroid dienone is 1. The van der Waals surface area contributed by atoms with E-state index in [2.05, 4.69) is 22.0 Å². The number of rotatable bonds is 5. The third-order valence-corrected chi connectivity index (χ3v) is 4.81. The highest BCUT2D eigenvalue weighted by Gasteiger charge is 2.33. The third-order valence-electron chi connectivity index (χ3n) is 4.81. The van der Waals surface area contributed by atoms with Gasteiger partial charge in [0, 0.05) is 24.3 Å². The quantitative estimate of drug-likeness (QED) is 0.751. The number of amides is 1. The first-order chi connectivity index (χ1) is 12.8. The van der Waals surface area contributed by atoms with E-state index in [1.54, 1.807) is 6.20 Å². The van der Waals surface area contributed by atoms with Crippen LogP contribution in [0.5, 0.6) is 0 Å². The van der Waals surface area contributed by atoms with Gasteiger partial charge < -0.3 is 5.32 Å². The van der Waals surface area contributed by atoms with Crippen molar-refractivity contribution >= 4 is 28.7 Å². The summed E-state index contributed by atoms with van der Waals surface area (Å²) in [5.74, 6) is -2.72. The molecular formula is C20H24F2N4O. The number of nitrogens with one attached hydrogen (secondary N) is 1. The van der Waals surface area contributed by atoms with Crippen LogP contribution in [0.25, 0.3) is 17.1 Å². The van der Waals surface area contributed by atoms with E-state index in [1.807, 2.05) is 36.7 Å². The van der Waals surface area contributed by atoms with E-state index in [4.69, 9.17) is 0 Å². The number of anilines is 1. The van der Waals surface area contributed by atoms with Crippen molar-refractivity contribution in [3.63, 3.8) is 0 Å². The molecule has 1 saturated carbocycles. The molecule has 0 aromatic carbocycles. The van der Waals surface area contributed by atoms with E-state index in [9.17, 15) is 13.6 Å². The van der Waals surface area contributed by atoms with Crippen LogP contribution in [0.1, 0.15) is 51.3 Å². The molecule has 1 aliphatic rings. The molecule has 0 spiro atoms. The predicted molar refractivity (Wildman–Crippen MR) is 103 cm³/mol. The smallest absolute Gasteiger partial charge is 0.248 e. The second-order valence-corrected chi connectivity index (χ2v) is 7.26. The zero-order valence-corrected chi connectivity index (χ0v) is 15.6. The summed E-state index contributed by atoms with van der Waals surface area (Å²) in [6.07, 6.45) is 7.45. The van der Waals surface area contributed by atoms with Crippen LogP contribution in [0.3, 0.4) is 0 Å². The number of nitrogens with zero attached hydrogens (tertiary/aromatic N) is 3. The summed E-state index contributed by atoms with van der Waals surface area (Å²) in [5.41, 5.74) is 2.00. The summed E-state index contributed by atoms with van der Waals surface area (Å²) in [6, 6.07) is 1.94. The topological polar surface area (TPSA) is 59.8 Å². The average Bonchev–Trinajstić information content (AvgIpc) is 2.99. The molecule has 5 nitrogen and oxygen atoms in total. The fraction of sp³-hybridized carbons (Fsp3) is 0.450. The van der Waals surface area contributed by atoms with Crippen LogP contribution in [0.4, 0.5) is 14.5 Å². The summed E-state index contributed by atoms with van der Waals surface area (Å²) in [5, 5.41) is 8.14. The average molecular weight is 374 g/mol. The van der Waals surface area contributed by atoms with Gasteiger partial charge in [-0.25, -0.2) is 18.4 Å². The molecule has 0 radical (unpaired) electrons. The van der Waals surface area contributed by atoms with Crippen molar-refractivity contribution < 1.29 is 13.6 Å². The molecule has 27 heavy (non-hydrogen) atoms. The number of hydrogen-bond acceptors (Lipinski definition) is 3. The van der Waals surface area contributed by atoms with Gasteiger partial charge in [0.2, 0.25) is 11.8 Å². The van der Waals surface area contributed by atoms with Crippen LogP contribution in [0, 0.1) is 5.92 Å². The lowest BCUT2D eigenvalue weighted by molar-refractivity contribution is -0.111. The SMILES string of the molecule is C=CC(=O)Nc1cnc2c(c1)c(/C=C/C1CCC(F)(F)CC1)nn2C(C)C. The molecule has 1 aliphatic carbocycles. The van der Waals surface area contributed by atoms with E-state index in [1.165, 1.54) is 6.08 Å². The highest BCUT2D eigenvalue weighted by Crippen LogP contribution is 2.37. The Hall–Kier alpha value is -2.57. The Labute approximate surface area is 157 Å². The maximum Gasteiger partial charge on any atom is 0.248 e. The van der Waals surface area contributed by atoms with Crippen LogP contribution >= 0.6 is 0 Å². The second kappa shape index (κ2) is 7.58. The number of pyridine rings is 1. The maximum atomic E-state index is 13.3. The zero-order chi connectivity index (χ0) is 19.6. The van der Waals surface area contributed by atoms with E-state index in [0.717, 1.165) is 16.7 Å². The first-order valence-corrected chi connectivity index (χ1v) is 9.17. The molecule has 0 atom stereocenters. The molecule has 0 unspecified atom stereocenters. The lowest BCUT2D eigenvalue weighted by Gasteiger charge is -2.26. The summed E-state index contributed by atoms with van der Waals surface area (Å²) >= 11 is 0. The first-order valence-electron chi connectivity index (χ1n) is 9.17. The Morgan fingerprint density at radius 1 is 1.41 bits per heavy atom. The van der Waals surface area contributed by atoms with Crippen LogP contribution in [-0.4, -0.2) is 26.6 Å². The molecule has 3 rings (SSSR count). The minimum absolute atomic E-state index is 0.0670. The van der Waals surface area contributed by atoms with Crippen molar-refractivity contribution in [2.75, 3.05) is 5.32 Å². The molecule has 2 aromatic rings. The van der Waals surface area contributed by atoms with Gasteiger partial charge in [-0.2, -0.15) is 5.10 Å². The lowest BCUT2D eigenvalue weighted by atomic mass is 9.86. The minimum Gasteiger partial charge on any atom is -0.321 e. The van der Waals surface area contributed by atoms with Crippen LogP contribution < -0.4 is 5.32 Å². The third kappa shape index (κ3) is 4.40. The van der Waals surface area contributed by atoms with Gasteiger partial charge in [0.15, 0.2) is 5.65 Å². The number of fused-ring (bicyclic) bond motifs is 1. The van der Waals surface area contributed by atoms with E-state index in [-0.39, 0.29) is 30.7 Å². The Balaban J connectivity index is 1.90. The summed E-state index contributed by atoms with van der Waals surface area (Å²) < 4.78 is 28.5. The molecule has 0 aliphatic heterocycles. The normalized spacial score (nSPS) is 17.7.